The third-order valence-corrected chi connectivity index (χ3v) is 2.75. The van der Waals surface area contributed by atoms with E-state index in [0.717, 1.165) is 23.5 Å². The van der Waals surface area contributed by atoms with Crippen molar-refractivity contribution in [1.29, 1.82) is 0 Å². The minimum atomic E-state index is 0.692. The van der Waals surface area contributed by atoms with E-state index >= 15 is 0 Å². The van der Waals surface area contributed by atoms with E-state index in [-0.39, 0.29) is 0 Å². The van der Waals surface area contributed by atoms with Gasteiger partial charge in [-0.05, 0) is 36.6 Å². The van der Waals surface area contributed by atoms with Crippen molar-refractivity contribution in [2.75, 3.05) is 11.1 Å². The van der Waals surface area contributed by atoms with Gasteiger partial charge in [0.15, 0.2) is 0 Å². The fourth-order valence-electron chi connectivity index (χ4n) is 1.81. The second-order valence-electron chi connectivity index (χ2n) is 4.07. The Hall–Kier alpha value is -2.03. The van der Waals surface area contributed by atoms with Gasteiger partial charge in [0, 0.05) is 5.69 Å². The molecule has 0 aliphatic carbocycles. The average Bonchev–Trinajstić information content (AvgIpc) is 2.33. The molecule has 0 spiro atoms. The number of nitrogens with zero attached hydrogens (tertiary/aromatic N) is 1. The van der Waals surface area contributed by atoms with Crippen LogP contribution >= 0.6 is 0 Å². The van der Waals surface area contributed by atoms with E-state index in [0.29, 0.717) is 5.69 Å². The molecule has 2 rings (SSSR count). The Morgan fingerprint density at radius 3 is 2.76 bits per heavy atom. The lowest BCUT2D eigenvalue weighted by Crippen LogP contribution is -2.00. The SMILES string of the molecule is CCc1ccccc1Nc1ncc(N)cc1C. The first-order chi connectivity index (χ1) is 8.20. The maximum atomic E-state index is 5.69. The zero-order chi connectivity index (χ0) is 12.3. The average molecular weight is 227 g/mol. The molecule has 0 amide bonds. The smallest absolute Gasteiger partial charge is 0.133 e. The Labute approximate surface area is 102 Å². The topological polar surface area (TPSA) is 50.9 Å². The van der Waals surface area contributed by atoms with Crippen LogP contribution in [0.15, 0.2) is 36.5 Å². The number of nitrogen functional groups attached to an aromatic ring is 1. The lowest BCUT2D eigenvalue weighted by molar-refractivity contribution is 1.13. The van der Waals surface area contributed by atoms with Crippen molar-refractivity contribution in [2.24, 2.45) is 0 Å². The maximum absolute atomic E-state index is 5.69. The van der Waals surface area contributed by atoms with Gasteiger partial charge in [0.1, 0.15) is 5.82 Å². The zero-order valence-electron chi connectivity index (χ0n) is 10.2. The molecule has 0 bridgehead atoms. The number of aryl methyl sites for hydroxylation is 2. The summed E-state index contributed by atoms with van der Waals surface area (Å²) in [5.41, 5.74) is 9.82. The van der Waals surface area contributed by atoms with Crippen molar-refractivity contribution in [3.8, 4) is 0 Å². The van der Waals surface area contributed by atoms with Gasteiger partial charge in [-0.2, -0.15) is 0 Å². The van der Waals surface area contributed by atoms with Crippen LogP contribution in [0.1, 0.15) is 18.1 Å². The van der Waals surface area contributed by atoms with Gasteiger partial charge in [0.05, 0.1) is 11.9 Å². The van der Waals surface area contributed by atoms with E-state index in [1.807, 2.05) is 25.1 Å². The standard InChI is InChI=1S/C14H17N3/c1-3-11-6-4-5-7-13(11)17-14-10(2)8-12(15)9-16-14/h4-9H,3,15H2,1-2H3,(H,16,17). The van der Waals surface area contributed by atoms with Gasteiger partial charge in [0.2, 0.25) is 0 Å². The fraction of sp³-hybridized carbons (Fsp3) is 0.214. The van der Waals surface area contributed by atoms with Gasteiger partial charge in [-0.1, -0.05) is 25.1 Å². The Morgan fingerprint density at radius 1 is 1.29 bits per heavy atom. The molecule has 17 heavy (non-hydrogen) atoms. The van der Waals surface area contributed by atoms with Gasteiger partial charge in [0.25, 0.3) is 0 Å². The quantitative estimate of drug-likeness (QED) is 0.846. The summed E-state index contributed by atoms with van der Waals surface area (Å²) in [4.78, 5) is 4.31. The Bertz CT molecular complexity index is 521. The van der Waals surface area contributed by atoms with Gasteiger partial charge < -0.3 is 11.1 Å². The molecule has 2 aromatic rings. The second kappa shape index (κ2) is 4.87. The van der Waals surface area contributed by atoms with E-state index in [1.165, 1.54) is 5.56 Å². The molecule has 3 N–H and O–H groups in total. The number of benzene rings is 1. The molecule has 0 saturated carbocycles. The highest BCUT2D eigenvalue weighted by Gasteiger charge is 2.03. The Balaban J connectivity index is 2.31. The number of pyridine rings is 1. The van der Waals surface area contributed by atoms with Crippen molar-refractivity contribution in [2.45, 2.75) is 20.3 Å². The molecule has 1 aromatic carbocycles. The minimum Gasteiger partial charge on any atom is -0.397 e. The van der Waals surface area contributed by atoms with Crippen LogP contribution in [0.2, 0.25) is 0 Å². The van der Waals surface area contributed by atoms with Crippen molar-refractivity contribution in [3.63, 3.8) is 0 Å². The van der Waals surface area contributed by atoms with Crippen LogP contribution in [0, 0.1) is 6.92 Å². The van der Waals surface area contributed by atoms with Crippen molar-refractivity contribution < 1.29 is 0 Å². The molecule has 1 heterocycles. The number of nitrogens with one attached hydrogen (secondary N) is 1. The summed E-state index contributed by atoms with van der Waals surface area (Å²) in [6.45, 7) is 4.14. The summed E-state index contributed by atoms with van der Waals surface area (Å²) in [5.74, 6) is 0.861. The molecule has 0 aliphatic rings. The second-order valence-corrected chi connectivity index (χ2v) is 4.07. The fourth-order valence-corrected chi connectivity index (χ4v) is 1.81. The highest BCUT2D eigenvalue weighted by molar-refractivity contribution is 5.64. The lowest BCUT2D eigenvalue weighted by atomic mass is 10.1. The van der Waals surface area contributed by atoms with Crippen LogP contribution in [0.5, 0.6) is 0 Å². The summed E-state index contributed by atoms with van der Waals surface area (Å²) in [5, 5.41) is 3.35. The largest absolute Gasteiger partial charge is 0.397 e. The number of rotatable bonds is 3. The number of nitrogens with two attached hydrogens (primary N) is 1. The number of hydrogen-bond acceptors (Lipinski definition) is 3. The van der Waals surface area contributed by atoms with Gasteiger partial charge in [-0.25, -0.2) is 4.98 Å². The highest BCUT2D eigenvalue weighted by atomic mass is 15.0. The molecule has 0 radical (unpaired) electrons. The first-order valence-electron chi connectivity index (χ1n) is 5.77. The predicted molar refractivity (Wildman–Crippen MR) is 72.5 cm³/mol. The molecule has 0 atom stereocenters. The molecule has 0 saturated heterocycles. The molecule has 3 heteroatoms. The van der Waals surface area contributed by atoms with Gasteiger partial charge in [-0.3, -0.25) is 0 Å². The van der Waals surface area contributed by atoms with Gasteiger partial charge in [-0.15, -0.1) is 0 Å². The summed E-state index contributed by atoms with van der Waals surface area (Å²) < 4.78 is 0. The number of aromatic nitrogens is 1. The van der Waals surface area contributed by atoms with Crippen LogP contribution < -0.4 is 11.1 Å². The Kier molecular flexibility index (Phi) is 3.28. The monoisotopic (exact) mass is 227 g/mol. The van der Waals surface area contributed by atoms with Crippen LogP contribution in [-0.4, -0.2) is 4.98 Å². The Morgan fingerprint density at radius 2 is 2.06 bits per heavy atom. The normalized spacial score (nSPS) is 10.2. The zero-order valence-corrected chi connectivity index (χ0v) is 10.2. The van der Waals surface area contributed by atoms with E-state index in [4.69, 9.17) is 5.73 Å². The van der Waals surface area contributed by atoms with E-state index in [1.54, 1.807) is 6.20 Å². The number of anilines is 3. The first-order valence-corrected chi connectivity index (χ1v) is 5.77. The van der Waals surface area contributed by atoms with Crippen LogP contribution in [0.4, 0.5) is 17.2 Å². The molecule has 0 fully saturated rings. The summed E-state index contributed by atoms with van der Waals surface area (Å²) in [6.07, 6.45) is 2.67. The highest BCUT2D eigenvalue weighted by Crippen LogP contribution is 2.22. The molecule has 0 unspecified atom stereocenters. The summed E-state index contributed by atoms with van der Waals surface area (Å²) >= 11 is 0. The summed E-state index contributed by atoms with van der Waals surface area (Å²) in [7, 11) is 0. The molecular formula is C14H17N3. The molecule has 1 aromatic heterocycles. The van der Waals surface area contributed by atoms with Gasteiger partial charge >= 0.3 is 0 Å². The van der Waals surface area contributed by atoms with E-state index in [9.17, 15) is 0 Å². The first kappa shape index (κ1) is 11.5. The van der Waals surface area contributed by atoms with Crippen molar-refractivity contribution >= 4 is 17.2 Å². The predicted octanol–water partition coefficient (Wildman–Crippen LogP) is 3.28. The van der Waals surface area contributed by atoms with Crippen LogP contribution in [0.3, 0.4) is 0 Å². The van der Waals surface area contributed by atoms with Crippen LogP contribution in [-0.2, 0) is 6.42 Å². The summed E-state index contributed by atoms with van der Waals surface area (Å²) in [6, 6.07) is 10.2. The third-order valence-electron chi connectivity index (χ3n) is 2.75. The molecule has 88 valence electrons. The molecule has 0 aliphatic heterocycles. The lowest BCUT2D eigenvalue weighted by Gasteiger charge is -2.12. The number of hydrogen-bond donors (Lipinski definition) is 2. The molecule has 3 nitrogen and oxygen atoms in total. The van der Waals surface area contributed by atoms with Crippen molar-refractivity contribution in [3.05, 3.63) is 47.7 Å². The third kappa shape index (κ3) is 2.56. The maximum Gasteiger partial charge on any atom is 0.133 e. The van der Waals surface area contributed by atoms with Crippen molar-refractivity contribution in [1.82, 2.24) is 4.98 Å². The van der Waals surface area contributed by atoms with E-state index < -0.39 is 0 Å². The molecular weight excluding hydrogens is 210 g/mol. The minimum absolute atomic E-state index is 0.692. The van der Waals surface area contributed by atoms with E-state index in [2.05, 4.69) is 29.4 Å². The van der Waals surface area contributed by atoms with Crippen LogP contribution in [0.25, 0.3) is 0 Å². The number of para-hydroxylation sites is 1.